The largest absolute Gasteiger partial charge is 0.462 e. The Hall–Kier alpha value is -3.41. The van der Waals surface area contributed by atoms with Crippen LogP contribution in [0.1, 0.15) is 290 Å². The third kappa shape index (κ3) is 57.4. The summed E-state index contributed by atoms with van der Waals surface area (Å²) in [6.45, 7) is 6.50. The Balaban J connectivity index is 4.44. The Bertz CT molecular complexity index is 1370. The quantitative estimate of drug-likeness (QED) is 0.0261. The smallest absolute Gasteiger partial charge is 0.306 e. The van der Waals surface area contributed by atoms with Gasteiger partial charge in [-0.1, -0.05) is 241 Å². The number of carbonyl (C=O) groups excluding carboxylic acids is 3. The monoisotopic (exact) mass is 989 g/mol. The Kier molecular flexibility index (Phi) is 56.3. The number of hydrogen-bond donors (Lipinski definition) is 0. The van der Waals surface area contributed by atoms with Gasteiger partial charge in [-0.3, -0.25) is 14.4 Å². The average Bonchev–Trinajstić information content (AvgIpc) is 3.37. The van der Waals surface area contributed by atoms with E-state index in [1.165, 1.54) is 154 Å². The molecule has 1 unspecified atom stereocenters. The maximum atomic E-state index is 12.9. The van der Waals surface area contributed by atoms with Crippen molar-refractivity contribution in [3.8, 4) is 0 Å². The molecule has 0 heterocycles. The zero-order chi connectivity index (χ0) is 51.4. The average molecular weight is 990 g/mol. The van der Waals surface area contributed by atoms with E-state index in [0.29, 0.717) is 19.3 Å². The van der Waals surface area contributed by atoms with Gasteiger partial charge in [0.2, 0.25) is 0 Å². The molecule has 1 atom stereocenters. The number of carbonyl (C=O) groups is 3. The summed E-state index contributed by atoms with van der Waals surface area (Å²) in [6, 6.07) is 0. The van der Waals surface area contributed by atoms with Crippen molar-refractivity contribution in [2.24, 2.45) is 0 Å². The minimum absolute atomic E-state index is 0.0906. The first-order chi connectivity index (χ1) is 35.0. The van der Waals surface area contributed by atoms with Crippen LogP contribution in [0.2, 0.25) is 0 Å². The van der Waals surface area contributed by atoms with Gasteiger partial charge >= 0.3 is 17.9 Å². The summed E-state index contributed by atoms with van der Waals surface area (Å²) in [6.07, 6.45) is 77.2. The summed E-state index contributed by atoms with van der Waals surface area (Å²) >= 11 is 0. The molecule has 0 aromatic rings. The molecule has 6 nitrogen and oxygen atoms in total. The third-order valence-electron chi connectivity index (χ3n) is 12.9. The molecule has 0 amide bonds. The van der Waals surface area contributed by atoms with Crippen LogP contribution in [0.5, 0.6) is 0 Å². The van der Waals surface area contributed by atoms with Crippen LogP contribution in [0.15, 0.2) is 85.1 Å². The Morgan fingerprint density at radius 1 is 0.296 bits per heavy atom. The first-order valence-electron chi connectivity index (χ1n) is 30.1. The van der Waals surface area contributed by atoms with Crippen LogP contribution in [0.4, 0.5) is 0 Å². The van der Waals surface area contributed by atoms with Crippen molar-refractivity contribution in [3.63, 3.8) is 0 Å². The highest BCUT2D eigenvalue weighted by molar-refractivity contribution is 5.71. The van der Waals surface area contributed by atoms with Gasteiger partial charge < -0.3 is 14.2 Å². The molecule has 0 fully saturated rings. The van der Waals surface area contributed by atoms with E-state index >= 15 is 0 Å². The lowest BCUT2D eigenvalue weighted by molar-refractivity contribution is -0.167. The van der Waals surface area contributed by atoms with Gasteiger partial charge in [0.05, 0.1) is 0 Å². The maximum Gasteiger partial charge on any atom is 0.306 e. The summed E-state index contributed by atoms with van der Waals surface area (Å²) < 4.78 is 16.9. The van der Waals surface area contributed by atoms with Crippen LogP contribution in [-0.4, -0.2) is 37.2 Å². The highest BCUT2D eigenvalue weighted by Gasteiger charge is 2.19. The first kappa shape index (κ1) is 67.6. The molecule has 0 saturated carbocycles. The lowest BCUT2D eigenvalue weighted by Gasteiger charge is -2.18. The lowest BCUT2D eigenvalue weighted by Crippen LogP contribution is -2.30. The maximum absolute atomic E-state index is 12.9. The molecule has 0 radical (unpaired) electrons. The van der Waals surface area contributed by atoms with E-state index in [1.54, 1.807) is 0 Å². The van der Waals surface area contributed by atoms with Crippen molar-refractivity contribution in [2.45, 2.75) is 297 Å². The van der Waals surface area contributed by atoms with E-state index in [2.05, 4.69) is 106 Å². The van der Waals surface area contributed by atoms with Gasteiger partial charge in [0, 0.05) is 19.3 Å². The zero-order valence-corrected chi connectivity index (χ0v) is 46.7. The fraction of sp³-hybridized carbons (Fsp3) is 0.738. The second kappa shape index (κ2) is 59.2. The van der Waals surface area contributed by atoms with Gasteiger partial charge in [0.1, 0.15) is 13.2 Å². The summed E-state index contributed by atoms with van der Waals surface area (Å²) in [5, 5.41) is 0. The second-order valence-electron chi connectivity index (χ2n) is 19.9. The Labute approximate surface area is 439 Å². The van der Waals surface area contributed by atoms with E-state index in [-0.39, 0.29) is 31.1 Å². The molecule has 0 aliphatic rings. The van der Waals surface area contributed by atoms with Crippen molar-refractivity contribution in [3.05, 3.63) is 85.1 Å². The van der Waals surface area contributed by atoms with Crippen LogP contribution in [0.25, 0.3) is 0 Å². The van der Waals surface area contributed by atoms with E-state index in [4.69, 9.17) is 14.2 Å². The molecule has 0 N–H and O–H groups in total. The molecular weight excluding hydrogens is 877 g/mol. The highest BCUT2D eigenvalue weighted by Crippen LogP contribution is 2.15. The number of allylic oxidation sites excluding steroid dienone is 14. The molecule has 0 aliphatic heterocycles. The molecule has 6 heteroatoms. The van der Waals surface area contributed by atoms with Crippen LogP contribution in [-0.2, 0) is 28.6 Å². The second-order valence-corrected chi connectivity index (χ2v) is 19.9. The van der Waals surface area contributed by atoms with Crippen LogP contribution in [0.3, 0.4) is 0 Å². The summed E-state index contributed by atoms with van der Waals surface area (Å²) in [7, 11) is 0. The van der Waals surface area contributed by atoms with Crippen molar-refractivity contribution >= 4 is 17.9 Å². The van der Waals surface area contributed by atoms with Crippen LogP contribution >= 0.6 is 0 Å². The van der Waals surface area contributed by atoms with Gasteiger partial charge in [0.25, 0.3) is 0 Å². The number of unbranched alkanes of at least 4 members (excludes halogenated alkanes) is 29. The number of rotatable bonds is 54. The summed E-state index contributed by atoms with van der Waals surface area (Å²) in [5.41, 5.74) is 0. The Morgan fingerprint density at radius 3 is 0.901 bits per heavy atom. The molecule has 0 rings (SSSR count). The van der Waals surface area contributed by atoms with Crippen molar-refractivity contribution in [2.75, 3.05) is 13.2 Å². The summed E-state index contributed by atoms with van der Waals surface area (Å²) in [5.74, 6) is -0.924. The predicted octanol–water partition coefficient (Wildman–Crippen LogP) is 20.3. The fourth-order valence-corrected chi connectivity index (χ4v) is 8.34. The normalized spacial score (nSPS) is 12.7. The highest BCUT2D eigenvalue weighted by atomic mass is 16.6. The lowest BCUT2D eigenvalue weighted by atomic mass is 10.1. The van der Waals surface area contributed by atoms with Gasteiger partial charge in [-0.25, -0.2) is 0 Å². The van der Waals surface area contributed by atoms with Gasteiger partial charge in [-0.05, 0) is 116 Å². The first-order valence-corrected chi connectivity index (χ1v) is 30.1. The molecule has 0 spiro atoms. The standard InChI is InChI=1S/C65H112O6/c1-4-7-10-13-16-19-22-25-28-30-32-34-37-40-43-46-49-52-55-58-64(67)70-61-62(60-69-63(66)57-54-51-48-45-42-39-36-27-24-21-18-15-12-9-6-3)71-65(68)59-56-53-50-47-44-41-38-35-33-31-29-26-23-20-17-14-11-8-5-2/h7,10,16,19,21,24-25,28,31-34,40,43,62H,4-6,8-9,11-15,17-18,20,22-23,26-27,29-30,35-39,41-42,44-61H2,1-3H3/b10-7-,19-16-,24-21-,28-25-,33-31-,34-32-,43-40-. The van der Waals surface area contributed by atoms with Crippen LogP contribution in [0, 0.1) is 0 Å². The number of hydrogen-bond acceptors (Lipinski definition) is 6. The molecular formula is C65H112O6. The topological polar surface area (TPSA) is 78.9 Å². The van der Waals surface area contributed by atoms with Gasteiger partial charge in [0.15, 0.2) is 6.10 Å². The molecule has 71 heavy (non-hydrogen) atoms. The molecule has 0 aliphatic carbocycles. The molecule has 408 valence electrons. The molecule has 0 aromatic heterocycles. The molecule has 0 bridgehead atoms. The van der Waals surface area contributed by atoms with Crippen molar-refractivity contribution in [1.82, 2.24) is 0 Å². The Morgan fingerprint density at radius 2 is 0.549 bits per heavy atom. The third-order valence-corrected chi connectivity index (χ3v) is 12.9. The number of ether oxygens (including phenoxy) is 3. The fourth-order valence-electron chi connectivity index (χ4n) is 8.34. The SMILES string of the molecule is CC/C=C\C/C=C\C/C=C\C/C=C\C/C=C\CCCCCC(=O)OCC(COC(=O)CCCCCCCCC/C=C\CCCCCC)OC(=O)CCCCCCCCC/C=C\CCCCCCCCCC. The van der Waals surface area contributed by atoms with Gasteiger partial charge in [-0.2, -0.15) is 0 Å². The number of esters is 3. The van der Waals surface area contributed by atoms with Crippen molar-refractivity contribution < 1.29 is 28.6 Å². The molecule has 0 aromatic carbocycles. The van der Waals surface area contributed by atoms with Crippen LogP contribution < -0.4 is 0 Å². The van der Waals surface area contributed by atoms with E-state index in [9.17, 15) is 14.4 Å². The summed E-state index contributed by atoms with van der Waals surface area (Å²) in [4.78, 5) is 38.2. The van der Waals surface area contributed by atoms with Crippen molar-refractivity contribution in [1.29, 1.82) is 0 Å². The minimum Gasteiger partial charge on any atom is -0.462 e. The van der Waals surface area contributed by atoms with E-state index in [1.807, 2.05) is 0 Å². The minimum atomic E-state index is -0.795. The van der Waals surface area contributed by atoms with E-state index < -0.39 is 6.10 Å². The molecule has 0 saturated heterocycles. The van der Waals surface area contributed by atoms with Gasteiger partial charge in [-0.15, -0.1) is 0 Å². The predicted molar refractivity (Wildman–Crippen MR) is 307 cm³/mol. The van der Waals surface area contributed by atoms with E-state index in [0.717, 1.165) is 96.3 Å². The zero-order valence-electron chi connectivity index (χ0n) is 46.7.